The Labute approximate surface area is 206 Å². The minimum Gasteiger partial charge on any atom is -0.497 e. The molecule has 190 valence electrons. The van der Waals surface area contributed by atoms with Crippen LogP contribution in [0.2, 0.25) is 0 Å². The fourth-order valence-electron chi connectivity index (χ4n) is 4.32. The standard InChI is InChI=1S/C26H35N3O6/c1-3-35-22-11-7-19(8-12-22)5-4-6-23(24(30)25(31)27-33)26(32)29-17-15-28(16-18-29)20-9-13-21(34-2)14-10-20/h7-14,23-24,30,33H,3-6,15-18H2,1-2H3,(H,27,31)/t23-,24+/m1/s1. The van der Waals surface area contributed by atoms with Crippen LogP contribution >= 0.6 is 0 Å². The van der Waals surface area contributed by atoms with Crippen molar-refractivity contribution >= 4 is 17.5 Å². The molecule has 0 saturated carbocycles. The molecule has 1 fully saturated rings. The molecule has 0 aliphatic carbocycles. The lowest BCUT2D eigenvalue weighted by atomic mass is 9.92. The van der Waals surface area contributed by atoms with Gasteiger partial charge in [-0.2, -0.15) is 0 Å². The van der Waals surface area contributed by atoms with Crippen molar-refractivity contribution in [1.82, 2.24) is 10.4 Å². The maximum atomic E-state index is 13.3. The molecular weight excluding hydrogens is 450 g/mol. The van der Waals surface area contributed by atoms with Gasteiger partial charge in [0.05, 0.1) is 19.6 Å². The number of hydroxylamine groups is 1. The van der Waals surface area contributed by atoms with Crippen LogP contribution in [0.15, 0.2) is 48.5 Å². The summed E-state index contributed by atoms with van der Waals surface area (Å²) in [5.41, 5.74) is 3.60. The molecule has 0 aromatic heterocycles. The average Bonchev–Trinajstić information content (AvgIpc) is 2.91. The average molecular weight is 486 g/mol. The van der Waals surface area contributed by atoms with E-state index >= 15 is 0 Å². The van der Waals surface area contributed by atoms with Crippen molar-refractivity contribution in [2.45, 2.75) is 32.3 Å². The summed E-state index contributed by atoms with van der Waals surface area (Å²) in [6, 6.07) is 15.5. The number of methoxy groups -OCH3 is 1. The van der Waals surface area contributed by atoms with Crippen LogP contribution in [0.4, 0.5) is 5.69 Å². The summed E-state index contributed by atoms with van der Waals surface area (Å²) in [4.78, 5) is 29.1. The van der Waals surface area contributed by atoms with E-state index in [-0.39, 0.29) is 5.91 Å². The smallest absolute Gasteiger partial charge is 0.272 e. The number of aliphatic hydroxyl groups is 1. The van der Waals surface area contributed by atoms with Gasteiger partial charge in [0.25, 0.3) is 5.91 Å². The predicted molar refractivity (Wildman–Crippen MR) is 132 cm³/mol. The topological polar surface area (TPSA) is 112 Å². The maximum Gasteiger partial charge on any atom is 0.272 e. The number of hydrogen-bond donors (Lipinski definition) is 3. The normalized spacial score (nSPS) is 15.3. The molecule has 9 nitrogen and oxygen atoms in total. The number of nitrogens with one attached hydrogen (secondary N) is 1. The summed E-state index contributed by atoms with van der Waals surface area (Å²) < 4.78 is 10.7. The quantitative estimate of drug-likeness (QED) is 0.331. The number of rotatable bonds is 11. The van der Waals surface area contributed by atoms with Crippen LogP contribution in [0.1, 0.15) is 25.3 Å². The Bertz CT molecular complexity index is 943. The molecule has 1 saturated heterocycles. The van der Waals surface area contributed by atoms with Crippen molar-refractivity contribution in [2.24, 2.45) is 5.92 Å². The molecule has 0 bridgehead atoms. The van der Waals surface area contributed by atoms with Crippen molar-refractivity contribution in [3.63, 3.8) is 0 Å². The van der Waals surface area contributed by atoms with Crippen molar-refractivity contribution in [2.75, 3.05) is 44.8 Å². The molecule has 0 unspecified atom stereocenters. The second-order valence-corrected chi connectivity index (χ2v) is 8.51. The summed E-state index contributed by atoms with van der Waals surface area (Å²) in [7, 11) is 1.62. The number of piperazine rings is 1. The molecule has 1 aliphatic heterocycles. The van der Waals surface area contributed by atoms with E-state index in [0.29, 0.717) is 52.0 Å². The number of amides is 2. The molecule has 2 aromatic carbocycles. The summed E-state index contributed by atoms with van der Waals surface area (Å²) in [6.07, 6.45) is -0.00680. The first kappa shape index (κ1) is 26.3. The minimum atomic E-state index is -1.62. The van der Waals surface area contributed by atoms with E-state index in [0.717, 1.165) is 22.7 Å². The lowest BCUT2D eigenvalue weighted by Gasteiger charge is -2.38. The summed E-state index contributed by atoms with van der Waals surface area (Å²) >= 11 is 0. The van der Waals surface area contributed by atoms with Gasteiger partial charge in [-0.1, -0.05) is 12.1 Å². The van der Waals surface area contributed by atoms with E-state index in [1.165, 1.54) is 5.48 Å². The highest BCUT2D eigenvalue weighted by molar-refractivity contribution is 5.88. The Hall–Kier alpha value is -3.30. The highest BCUT2D eigenvalue weighted by Gasteiger charge is 2.35. The predicted octanol–water partition coefficient (Wildman–Crippen LogP) is 2.25. The molecule has 1 aliphatic rings. The molecule has 1 heterocycles. The zero-order valence-electron chi connectivity index (χ0n) is 20.4. The Morgan fingerprint density at radius 1 is 1.00 bits per heavy atom. The number of carbonyl (C=O) groups is 2. The van der Waals surface area contributed by atoms with Crippen LogP contribution in [0, 0.1) is 5.92 Å². The van der Waals surface area contributed by atoms with Crippen LogP contribution in [-0.2, 0) is 16.0 Å². The number of carbonyl (C=O) groups excluding carboxylic acids is 2. The molecule has 9 heteroatoms. The largest absolute Gasteiger partial charge is 0.497 e. The number of benzene rings is 2. The second-order valence-electron chi connectivity index (χ2n) is 8.51. The number of aryl methyl sites for hydroxylation is 1. The molecule has 2 aromatic rings. The zero-order valence-corrected chi connectivity index (χ0v) is 20.4. The summed E-state index contributed by atoms with van der Waals surface area (Å²) in [6.45, 7) is 4.76. The van der Waals surface area contributed by atoms with E-state index in [9.17, 15) is 14.7 Å². The Balaban J connectivity index is 1.58. The lowest BCUT2D eigenvalue weighted by molar-refractivity contribution is -0.150. The Kier molecular flexibility index (Phi) is 9.75. The van der Waals surface area contributed by atoms with Crippen molar-refractivity contribution in [3.05, 3.63) is 54.1 Å². The van der Waals surface area contributed by atoms with E-state index in [2.05, 4.69) is 4.90 Å². The lowest BCUT2D eigenvalue weighted by Crippen LogP contribution is -2.53. The van der Waals surface area contributed by atoms with Gasteiger partial charge in [-0.15, -0.1) is 0 Å². The SMILES string of the molecule is CCOc1ccc(CCC[C@@H](C(=O)N2CCN(c3ccc(OC)cc3)CC2)[C@H](O)C(=O)NO)cc1. The molecule has 3 rings (SSSR count). The van der Waals surface area contributed by atoms with Crippen molar-refractivity contribution < 1.29 is 29.4 Å². The third-order valence-corrected chi connectivity index (χ3v) is 6.32. The van der Waals surface area contributed by atoms with E-state index in [1.807, 2.05) is 55.5 Å². The third-order valence-electron chi connectivity index (χ3n) is 6.32. The molecule has 0 spiro atoms. The minimum absolute atomic E-state index is 0.276. The van der Waals surface area contributed by atoms with Gasteiger partial charge in [0, 0.05) is 31.9 Å². The molecule has 2 amide bonds. The first-order valence-electron chi connectivity index (χ1n) is 12.0. The maximum absolute atomic E-state index is 13.3. The second kappa shape index (κ2) is 13.0. The summed E-state index contributed by atoms with van der Waals surface area (Å²) in [5.74, 6) is -0.597. The fourth-order valence-corrected chi connectivity index (χ4v) is 4.32. The van der Waals surface area contributed by atoms with Gasteiger partial charge in [-0.3, -0.25) is 14.8 Å². The first-order chi connectivity index (χ1) is 17.0. The van der Waals surface area contributed by atoms with Crippen molar-refractivity contribution in [3.8, 4) is 11.5 Å². The number of anilines is 1. The Morgan fingerprint density at radius 2 is 1.63 bits per heavy atom. The van der Waals surface area contributed by atoms with Crippen LogP contribution in [0.5, 0.6) is 11.5 Å². The fraction of sp³-hybridized carbons (Fsp3) is 0.462. The molecule has 35 heavy (non-hydrogen) atoms. The number of ether oxygens (including phenoxy) is 2. The molecular formula is C26H35N3O6. The van der Waals surface area contributed by atoms with Crippen LogP contribution < -0.4 is 19.9 Å². The van der Waals surface area contributed by atoms with E-state index in [1.54, 1.807) is 12.0 Å². The number of hydrogen-bond acceptors (Lipinski definition) is 7. The molecule has 0 radical (unpaired) electrons. The van der Waals surface area contributed by atoms with Gasteiger partial charge in [-0.25, -0.2) is 5.48 Å². The van der Waals surface area contributed by atoms with E-state index < -0.39 is 17.9 Å². The van der Waals surface area contributed by atoms with Crippen LogP contribution in [0.25, 0.3) is 0 Å². The zero-order chi connectivity index (χ0) is 25.2. The molecule has 3 N–H and O–H groups in total. The van der Waals surface area contributed by atoms with Crippen molar-refractivity contribution in [1.29, 1.82) is 0 Å². The van der Waals surface area contributed by atoms with Crippen LogP contribution in [0.3, 0.4) is 0 Å². The molecule has 2 atom stereocenters. The van der Waals surface area contributed by atoms with Gasteiger partial charge in [-0.05, 0) is 68.1 Å². The number of nitrogens with zero attached hydrogens (tertiary/aromatic N) is 2. The van der Waals surface area contributed by atoms with E-state index in [4.69, 9.17) is 14.7 Å². The van der Waals surface area contributed by atoms with Gasteiger partial charge in [0.15, 0.2) is 0 Å². The Morgan fingerprint density at radius 3 is 2.20 bits per heavy atom. The van der Waals surface area contributed by atoms with Gasteiger partial charge < -0.3 is 24.4 Å². The highest BCUT2D eigenvalue weighted by atomic mass is 16.5. The van der Waals surface area contributed by atoms with Gasteiger partial charge in [0.1, 0.15) is 17.6 Å². The van der Waals surface area contributed by atoms with Gasteiger partial charge in [0.2, 0.25) is 5.91 Å². The number of aliphatic hydroxyl groups excluding tert-OH is 1. The monoisotopic (exact) mass is 485 g/mol. The highest BCUT2D eigenvalue weighted by Crippen LogP contribution is 2.23. The van der Waals surface area contributed by atoms with Crippen LogP contribution in [-0.4, -0.2) is 73.0 Å². The summed E-state index contributed by atoms with van der Waals surface area (Å²) in [5, 5.41) is 19.5. The van der Waals surface area contributed by atoms with Gasteiger partial charge >= 0.3 is 0 Å². The first-order valence-corrected chi connectivity index (χ1v) is 12.0. The third kappa shape index (κ3) is 7.10.